The number of esters is 1. The molecule has 0 aromatic rings. The van der Waals surface area contributed by atoms with E-state index in [2.05, 4.69) is 4.74 Å². The van der Waals surface area contributed by atoms with E-state index in [0.29, 0.717) is 6.42 Å². The minimum absolute atomic E-state index is 0.0477. The summed E-state index contributed by atoms with van der Waals surface area (Å²) < 4.78 is 41.2. The molecular formula is C7H9BF3O2-. The molecule has 0 aromatic heterocycles. The van der Waals surface area contributed by atoms with Crippen molar-refractivity contribution in [1.82, 2.24) is 0 Å². The first-order valence-electron chi connectivity index (χ1n) is 3.97. The number of halogens is 3. The normalized spacial score (nSPS) is 17.8. The first kappa shape index (κ1) is 10.1. The summed E-state index contributed by atoms with van der Waals surface area (Å²) in [4.78, 5) is 10.9. The Hall–Kier alpha value is -0.935. The van der Waals surface area contributed by atoms with Gasteiger partial charge in [-0.2, -0.15) is 0 Å². The molecule has 0 heterocycles. The predicted molar refractivity (Wildman–Crippen MR) is 42.0 cm³/mol. The summed E-state index contributed by atoms with van der Waals surface area (Å²) in [5, 5.41) is 0. The molecule has 0 aliphatic heterocycles. The number of carbonyl (C=O) groups is 1. The molecule has 0 unspecified atom stereocenters. The van der Waals surface area contributed by atoms with Gasteiger partial charge < -0.3 is 17.7 Å². The van der Waals surface area contributed by atoms with Crippen LogP contribution in [0, 0.1) is 0 Å². The van der Waals surface area contributed by atoms with Crippen LogP contribution in [0.5, 0.6) is 0 Å². The summed E-state index contributed by atoms with van der Waals surface area (Å²) in [6.45, 7) is -5.02. The lowest BCUT2D eigenvalue weighted by Gasteiger charge is -2.17. The quantitative estimate of drug-likeness (QED) is 0.495. The van der Waals surface area contributed by atoms with Gasteiger partial charge in [-0.15, -0.1) is 5.47 Å². The number of methoxy groups -OCH3 is 1. The summed E-state index contributed by atoms with van der Waals surface area (Å²) in [6.07, 6.45) is 0.526. The van der Waals surface area contributed by atoms with Crippen LogP contribution in [0.15, 0.2) is 11.0 Å². The highest BCUT2D eigenvalue weighted by Crippen LogP contribution is 2.35. The number of ether oxygens (including phenoxy) is 1. The Labute approximate surface area is 73.8 Å². The monoisotopic (exact) mass is 193 g/mol. The fraction of sp³-hybridized carbons (Fsp3) is 0.571. The van der Waals surface area contributed by atoms with Crippen LogP contribution in [0.1, 0.15) is 19.3 Å². The first-order chi connectivity index (χ1) is 5.96. The second kappa shape index (κ2) is 3.43. The topological polar surface area (TPSA) is 26.3 Å². The van der Waals surface area contributed by atoms with E-state index in [1.807, 2.05) is 0 Å². The zero-order valence-electron chi connectivity index (χ0n) is 7.15. The van der Waals surface area contributed by atoms with Gasteiger partial charge in [0.1, 0.15) is 0 Å². The molecule has 0 N–H and O–H groups in total. The second-order valence-electron chi connectivity index (χ2n) is 2.92. The van der Waals surface area contributed by atoms with Gasteiger partial charge in [0.2, 0.25) is 0 Å². The number of rotatable bonds is 2. The Bertz CT molecular complexity index is 257. The van der Waals surface area contributed by atoms with Crippen LogP contribution in [-0.4, -0.2) is 20.1 Å². The zero-order valence-corrected chi connectivity index (χ0v) is 7.15. The van der Waals surface area contributed by atoms with E-state index in [-0.39, 0.29) is 18.4 Å². The summed E-state index contributed by atoms with van der Waals surface area (Å²) in [5.41, 5.74) is -0.846. The largest absolute Gasteiger partial charge is 0.506 e. The highest BCUT2D eigenvalue weighted by atomic mass is 19.4. The Morgan fingerprint density at radius 3 is 2.46 bits per heavy atom. The van der Waals surface area contributed by atoms with Gasteiger partial charge in [-0.25, -0.2) is 4.79 Å². The van der Waals surface area contributed by atoms with Crippen LogP contribution in [-0.2, 0) is 9.53 Å². The number of carbonyl (C=O) groups excluding carboxylic acids is 1. The highest BCUT2D eigenvalue weighted by Gasteiger charge is 2.35. The van der Waals surface area contributed by atoms with Crippen LogP contribution in [0.2, 0.25) is 0 Å². The van der Waals surface area contributed by atoms with E-state index in [4.69, 9.17) is 0 Å². The lowest BCUT2D eigenvalue weighted by Crippen LogP contribution is -2.21. The van der Waals surface area contributed by atoms with Gasteiger partial charge in [0, 0.05) is 5.57 Å². The van der Waals surface area contributed by atoms with Crippen molar-refractivity contribution in [3.8, 4) is 0 Å². The number of hydrogen-bond donors (Lipinski definition) is 0. The van der Waals surface area contributed by atoms with Crippen molar-refractivity contribution in [3.63, 3.8) is 0 Å². The van der Waals surface area contributed by atoms with Gasteiger partial charge in [-0.3, -0.25) is 0 Å². The van der Waals surface area contributed by atoms with Crippen LogP contribution in [0.4, 0.5) is 12.9 Å². The molecule has 0 spiro atoms. The minimum Gasteiger partial charge on any atom is -0.466 e. The van der Waals surface area contributed by atoms with Crippen LogP contribution < -0.4 is 0 Å². The van der Waals surface area contributed by atoms with Crippen molar-refractivity contribution in [3.05, 3.63) is 11.0 Å². The third-order valence-corrected chi connectivity index (χ3v) is 2.09. The molecule has 6 heteroatoms. The maximum absolute atomic E-state index is 12.3. The van der Waals surface area contributed by atoms with Crippen molar-refractivity contribution in [2.75, 3.05) is 7.11 Å². The number of allylic oxidation sites excluding steroid dienone is 1. The van der Waals surface area contributed by atoms with E-state index in [0.717, 1.165) is 7.11 Å². The zero-order chi connectivity index (χ0) is 10.1. The lowest BCUT2D eigenvalue weighted by molar-refractivity contribution is -0.136. The number of hydrogen-bond acceptors (Lipinski definition) is 2. The molecule has 1 aliphatic carbocycles. The molecule has 0 saturated heterocycles. The van der Waals surface area contributed by atoms with Gasteiger partial charge in [0.15, 0.2) is 0 Å². The predicted octanol–water partition coefficient (Wildman–Crippen LogP) is 2.03. The summed E-state index contributed by atoms with van der Waals surface area (Å²) in [5.74, 6) is -0.841. The second-order valence-corrected chi connectivity index (χ2v) is 2.92. The van der Waals surface area contributed by atoms with Gasteiger partial charge in [-0.05, 0) is 12.8 Å². The van der Waals surface area contributed by atoms with Crippen LogP contribution in [0.3, 0.4) is 0 Å². The SMILES string of the molecule is COC(=O)C1=C([B-](F)(F)F)CCC1. The fourth-order valence-corrected chi connectivity index (χ4v) is 1.48. The summed E-state index contributed by atoms with van der Waals surface area (Å²) in [7, 11) is 1.09. The standard InChI is InChI=1S/C7H9BF3O2/c1-13-7(12)5-3-2-4-6(5)8(9,10)11/h2-4H2,1H3/q-1. The molecule has 0 fully saturated rings. The van der Waals surface area contributed by atoms with Gasteiger partial charge >= 0.3 is 12.9 Å². The Balaban J connectivity index is 2.97. The third kappa shape index (κ3) is 2.05. The average molecular weight is 193 g/mol. The smallest absolute Gasteiger partial charge is 0.466 e. The summed E-state index contributed by atoms with van der Waals surface area (Å²) in [6, 6.07) is 0. The van der Waals surface area contributed by atoms with E-state index in [1.165, 1.54) is 0 Å². The van der Waals surface area contributed by atoms with E-state index in [9.17, 15) is 17.7 Å². The minimum atomic E-state index is -5.02. The van der Waals surface area contributed by atoms with Crippen molar-refractivity contribution >= 4 is 12.9 Å². The van der Waals surface area contributed by atoms with Gasteiger partial charge in [0.25, 0.3) is 0 Å². The highest BCUT2D eigenvalue weighted by molar-refractivity contribution is 6.67. The van der Waals surface area contributed by atoms with Crippen LogP contribution in [0.25, 0.3) is 0 Å². The molecule has 0 bridgehead atoms. The molecule has 0 radical (unpaired) electrons. The van der Waals surface area contributed by atoms with Crippen molar-refractivity contribution in [2.45, 2.75) is 19.3 Å². The molecular weight excluding hydrogens is 184 g/mol. The van der Waals surface area contributed by atoms with E-state index in [1.54, 1.807) is 0 Å². The van der Waals surface area contributed by atoms with Crippen molar-refractivity contribution in [2.24, 2.45) is 0 Å². The van der Waals surface area contributed by atoms with Gasteiger partial charge in [0.05, 0.1) is 7.11 Å². The van der Waals surface area contributed by atoms with E-state index < -0.39 is 18.4 Å². The molecule has 0 saturated carbocycles. The Morgan fingerprint density at radius 1 is 1.38 bits per heavy atom. The Morgan fingerprint density at radius 2 is 2.00 bits per heavy atom. The lowest BCUT2D eigenvalue weighted by atomic mass is 9.76. The first-order valence-corrected chi connectivity index (χ1v) is 3.97. The molecule has 0 aromatic carbocycles. The van der Waals surface area contributed by atoms with E-state index >= 15 is 0 Å². The van der Waals surface area contributed by atoms with Crippen LogP contribution >= 0.6 is 0 Å². The van der Waals surface area contributed by atoms with Gasteiger partial charge in [-0.1, -0.05) is 6.42 Å². The maximum atomic E-state index is 12.3. The molecule has 1 aliphatic rings. The Kier molecular flexibility index (Phi) is 2.68. The molecule has 13 heavy (non-hydrogen) atoms. The summed E-state index contributed by atoms with van der Waals surface area (Å²) >= 11 is 0. The molecule has 0 amide bonds. The van der Waals surface area contributed by atoms with Crippen molar-refractivity contribution in [1.29, 1.82) is 0 Å². The average Bonchev–Trinajstić information content (AvgIpc) is 2.49. The molecule has 0 atom stereocenters. The molecule has 74 valence electrons. The third-order valence-electron chi connectivity index (χ3n) is 2.09. The molecule has 2 nitrogen and oxygen atoms in total. The molecule has 1 rings (SSSR count). The van der Waals surface area contributed by atoms with Crippen molar-refractivity contribution < 1.29 is 22.5 Å². The fourth-order valence-electron chi connectivity index (χ4n) is 1.48. The maximum Gasteiger partial charge on any atom is 0.506 e.